The van der Waals surface area contributed by atoms with E-state index in [1.165, 1.54) is 0 Å². The van der Waals surface area contributed by atoms with E-state index in [-0.39, 0.29) is 5.84 Å². The number of hydrogen-bond acceptors (Lipinski definition) is 2. The summed E-state index contributed by atoms with van der Waals surface area (Å²) in [5.74, 6) is -0.0353. The van der Waals surface area contributed by atoms with Gasteiger partial charge in [0.2, 0.25) is 0 Å². The van der Waals surface area contributed by atoms with Crippen LogP contribution in [0.1, 0.15) is 26.2 Å². The van der Waals surface area contributed by atoms with Crippen LogP contribution in [-0.2, 0) is 0 Å². The molecule has 0 aliphatic carbocycles. The summed E-state index contributed by atoms with van der Waals surface area (Å²) in [6.07, 6.45) is 2.43. The summed E-state index contributed by atoms with van der Waals surface area (Å²) in [4.78, 5) is 9.54. The average molecular weight is 114 g/mol. The monoisotopic (exact) mass is 114 g/mol. The van der Waals surface area contributed by atoms with Gasteiger partial charge in [-0.2, -0.15) is 0 Å². The van der Waals surface area contributed by atoms with Crippen LogP contribution in [0.5, 0.6) is 0 Å². The third-order valence-corrected chi connectivity index (χ3v) is 0.877. The molecule has 3 nitrogen and oxygen atoms in total. The molecule has 8 heavy (non-hydrogen) atoms. The van der Waals surface area contributed by atoms with E-state index in [9.17, 15) is 4.91 Å². The van der Waals surface area contributed by atoms with Gasteiger partial charge in [0.25, 0.3) is 0 Å². The van der Waals surface area contributed by atoms with Gasteiger partial charge in [-0.3, -0.25) is 5.41 Å². The predicted octanol–water partition coefficient (Wildman–Crippen LogP) is 1.92. The first-order chi connectivity index (χ1) is 3.81. The minimum absolute atomic E-state index is 0.0353. The van der Waals surface area contributed by atoms with Crippen LogP contribution < -0.4 is 0 Å². The largest absolute Gasteiger partial charge is 0.284 e. The number of nitrogens with one attached hydrogen (secondary N) is 1. The number of amidine groups is 1. The topological polar surface area (TPSA) is 53.3 Å². The molecule has 0 bridgehead atoms. The summed E-state index contributed by atoms with van der Waals surface area (Å²) < 4.78 is 0. The average Bonchev–Trinajstić information content (AvgIpc) is 1.83. The second-order valence-electron chi connectivity index (χ2n) is 1.64. The highest BCUT2D eigenvalue weighted by Gasteiger charge is 1.91. The summed E-state index contributed by atoms with van der Waals surface area (Å²) in [6.45, 7) is 2.01. The first-order valence-corrected chi connectivity index (χ1v) is 2.72. The van der Waals surface area contributed by atoms with Gasteiger partial charge in [-0.25, -0.2) is 0 Å². The Morgan fingerprint density at radius 2 is 2.38 bits per heavy atom. The summed E-state index contributed by atoms with van der Waals surface area (Å²) in [5, 5.41) is 9.22. The summed E-state index contributed by atoms with van der Waals surface area (Å²) in [5.41, 5.74) is 0. The number of nitroso groups, excluding NO2 is 1. The van der Waals surface area contributed by atoms with Crippen molar-refractivity contribution in [2.75, 3.05) is 0 Å². The molecular weight excluding hydrogens is 104 g/mol. The van der Waals surface area contributed by atoms with Gasteiger partial charge in [0, 0.05) is 6.42 Å². The van der Waals surface area contributed by atoms with Gasteiger partial charge in [0.1, 0.15) is 0 Å². The molecule has 0 aromatic heterocycles. The lowest BCUT2D eigenvalue weighted by Crippen LogP contribution is -1.87. The highest BCUT2D eigenvalue weighted by Crippen LogP contribution is 1.94. The normalized spacial score (nSPS) is 8.62. The molecule has 0 radical (unpaired) electrons. The van der Waals surface area contributed by atoms with Crippen molar-refractivity contribution in [3.05, 3.63) is 4.91 Å². The van der Waals surface area contributed by atoms with Crippen LogP contribution in [0.4, 0.5) is 0 Å². The number of unbranched alkanes of at least 4 members (excludes halogenated alkanes) is 1. The summed E-state index contributed by atoms with van der Waals surface area (Å²) >= 11 is 0. The van der Waals surface area contributed by atoms with Crippen LogP contribution in [0.3, 0.4) is 0 Å². The van der Waals surface area contributed by atoms with Gasteiger partial charge in [-0.05, 0) is 11.6 Å². The standard InChI is InChI=1S/C5H10N2O/c1-2-3-4-5(6)7-8/h6H,2-4H2,1H3. The molecule has 0 amide bonds. The van der Waals surface area contributed by atoms with Crippen LogP contribution >= 0.6 is 0 Å². The maximum absolute atomic E-state index is 9.54. The molecular formula is C5H10N2O. The zero-order valence-corrected chi connectivity index (χ0v) is 4.98. The molecule has 0 heterocycles. The number of rotatable bonds is 3. The first kappa shape index (κ1) is 7.27. The van der Waals surface area contributed by atoms with Crippen LogP contribution in [0, 0.1) is 10.3 Å². The maximum Gasteiger partial charge on any atom is 0.165 e. The van der Waals surface area contributed by atoms with Crippen molar-refractivity contribution in [1.82, 2.24) is 0 Å². The third kappa shape index (κ3) is 3.46. The maximum atomic E-state index is 9.54. The lowest BCUT2D eigenvalue weighted by molar-refractivity contribution is 0.828. The predicted molar refractivity (Wildman–Crippen MR) is 33.0 cm³/mol. The van der Waals surface area contributed by atoms with Gasteiger partial charge in [0.05, 0.1) is 0 Å². The third-order valence-electron chi connectivity index (χ3n) is 0.877. The lowest BCUT2D eigenvalue weighted by Gasteiger charge is -1.87. The minimum atomic E-state index is -0.0353. The van der Waals surface area contributed by atoms with Crippen molar-refractivity contribution in [3.8, 4) is 0 Å². The highest BCUT2D eigenvalue weighted by molar-refractivity contribution is 5.79. The Kier molecular flexibility index (Phi) is 4.03. The van der Waals surface area contributed by atoms with E-state index in [0.717, 1.165) is 12.8 Å². The molecule has 0 saturated heterocycles. The van der Waals surface area contributed by atoms with Gasteiger partial charge >= 0.3 is 0 Å². The molecule has 0 aromatic rings. The van der Waals surface area contributed by atoms with Crippen LogP contribution in [-0.4, -0.2) is 5.84 Å². The SMILES string of the molecule is CCCCC(=N)N=O. The van der Waals surface area contributed by atoms with Crippen LogP contribution in [0.15, 0.2) is 5.18 Å². The van der Waals surface area contributed by atoms with E-state index >= 15 is 0 Å². The molecule has 0 spiro atoms. The van der Waals surface area contributed by atoms with Crippen molar-refractivity contribution in [2.45, 2.75) is 26.2 Å². The highest BCUT2D eigenvalue weighted by atomic mass is 16.3. The van der Waals surface area contributed by atoms with E-state index in [2.05, 4.69) is 5.18 Å². The summed E-state index contributed by atoms with van der Waals surface area (Å²) in [6, 6.07) is 0. The Morgan fingerprint density at radius 1 is 1.75 bits per heavy atom. The smallest absolute Gasteiger partial charge is 0.165 e. The zero-order valence-electron chi connectivity index (χ0n) is 4.98. The van der Waals surface area contributed by atoms with Crippen molar-refractivity contribution in [1.29, 1.82) is 5.41 Å². The van der Waals surface area contributed by atoms with Gasteiger partial charge in [-0.1, -0.05) is 13.3 Å². The Balaban J connectivity index is 3.11. The van der Waals surface area contributed by atoms with E-state index in [0.29, 0.717) is 6.42 Å². The van der Waals surface area contributed by atoms with Crippen molar-refractivity contribution < 1.29 is 0 Å². The summed E-state index contributed by atoms with van der Waals surface area (Å²) in [7, 11) is 0. The molecule has 3 heteroatoms. The lowest BCUT2D eigenvalue weighted by atomic mass is 10.2. The van der Waals surface area contributed by atoms with Gasteiger partial charge in [0.15, 0.2) is 5.84 Å². The molecule has 0 aliphatic heterocycles. The van der Waals surface area contributed by atoms with Crippen molar-refractivity contribution >= 4 is 5.84 Å². The minimum Gasteiger partial charge on any atom is -0.284 e. The van der Waals surface area contributed by atoms with E-state index in [1.807, 2.05) is 6.92 Å². The molecule has 0 fully saturated rings. The second kappa shape index (κ2) is 4.43. The van der Waals surface area contributed by atoms with Crippen LogP contribution in [0.25, 0.3) is 0 Å². The van der Waals surface area contributed by atoms with Gasteiger partial charge < -0.3 is 0 Å². The Hall–Kier alpha value is -0.730. The molecule has 46 valence electrons. The molecule has 0 aromatic carbocycles. The van der Waals surface area contributed by atoms with Crippen LogP contribution in [0.2, 0.25) is 0 Å². The zero-order chi connectivity index (χ0) is 6.41. The Labute approximate surface area is 48.6 Å². The first-order valence-electron chi connectivity index (χ1n) is 2.72. The second-order valence-corrected chi connectivity index (χ2v) is 1.64. The molecule has 1 N–H and O–H groups in total. The molecule has 0 rings (SSSR count). The molecule has 0 atom stereocenters. The Bertz CT molecular complexity index is 90.4. The van der Waals surface area contributed by atoms with Crippen molar-refractivity contribution in [2.24, 2.45) is 5.18 Å². The van der Waals surface area contributed by atoms with E-state index in [4.69, 9.17) is 5.41 Å². The number of hydrogen-bond donors (Lipinski definition) is 1. The van der Waals surface area contributed by atoms with Crippen molar-refractivity contribution in [3.63, 3.8) is 0 Å². The fourth-order valence-electron chi connectivity index (χ4n) is 0.390. The molecule has 0 saturated carbocycles. The van der Waals surface area contributed by atoms with E-state index < -0.39 is 0 Å². The fraction of sp³-hybridized carbons (Fsp3) is 0.800. The molecule has 0 unspecified atom stereocenters. The van der Waals surface area contributed by atoms with Gasteiger partial charge in [-0.15, -0.1) is 4.91 Å². The Morgan fingerprint density at radius 3 is 2.75 bits per heavy atom. The quantitative estimate of drug-likeness (QED) is 0.340. The fourth-order valence-corrected chi connectivity index (χ4v) is 0.390. The number of nitrogens with zero attached hydrogens (tertiary/aromatic N) is 1. The molecule has 0 aliphatic rings. The van der Waals surface area contributed by atoms with E-state index in [1.54, 1.807) is 0 Å².